The van der Waals surface area contributed by atoms with Crippen LogP contribution in [0.15, 0.2) is 51.0 Å². The quantitative estimate of drug-likeness (QED) is 0.715. The number of nitrogens with one attached hydrogen (secondary N) is 1. The molecule has 3 heterocycles. The molecule has 0 radical (unpaired) electrons. The van der Waals surface area contributed by atoms with Crippen LogP contribution >= 0.6 is 11.3 Å². The summed E-state index contributed by atoms with van der Waals surface area (Å²) in [5, 5.41) is 5.46. The van der Waals surface area contributed by atoms with Crippen molar-refractivity contribution in [2.45, 2.75) is 13.0 Å². The highest BCUT2D eigenvalue weighted by atomic mass is 32.1. The maximum Gasteiger partial charge on any atom is 0.287 e. The van der Waals surface area contributed by atoms with Crippen LogP contribution in [0.2, 0.25) is 0 Å². The number of hydrogen-bond donors (Lipinski definition) is 1. The van der Waals surface area contributed by atoms with Gasteiger partial charge in [-0.3, -0.25) is 14.5 Å². The molecule has 3 aromatic rings. The fourth-order valence-electron chi connectivity index (χ4n) is 3.44. The predicted octanol–water partition coefficient (Wildman–Crippen LogP) is 2.97. The fourth-order valence-corrected chi connectivity index (χ4v) is 4.30. The second-order valence-electron chi connectivity index (χ2n) is 6.86. The van der Waals surface area contributed by atoms with Gasteiger partial charge in [0.05, 0.1) is 24.6 Å². The molecule has 1 unspecified atom stereocenters. The largest absolute Gasteiger partial charge is 0.451 e. The summed E-state index contributed by atoms with van der Waals surface area (Å²) in [4.78, 5) is 28.6. The molecule has 1 N–H and O–H groups in total. The molecule has 1 aliphatic heterocycles. The Balaban J connectivity index is 1.53. The summed E-state index contributed by atoms with van der Waals surface area (Å²) >= 11 is 1.67. The van der Waals surface area contributed by atoms with Crippen LogP contribution in [-0.2, 0) is 4.74 Å². The Morgan fingerprint density at radius 2 is 2.07 bits per heavy atom. The molecule has 4 rings (SSSR count). The smallest absolute Gasteiger partial charge is 0.287 e. The highest BCUT2D eigenvalue weighted by molar-refractivity contribution is 7.10. The van der Waals surface area contributed by atoms with E-state index in [0.29, 0.717) is 30.7 Å². The number of amides is 1. The van der Waals surface area contributed by atoms with Crippen LogP contribution in [0.25, 0.3) is 11.0 Å². The summed E-state index contributed by atoms with van der Waals surface area (Å²) in [5.74, 6) is -0.345. The van der Waals surface area contributed by atoms with Crippen LogP contribution in [0.3, 0.4) is 0 Å². The van der Waals surface area contributed by atoms with Gasteiger partial charge < -0.3 is 14.5 Å². The number of thiophene rings is 1. The number of morpholine rings is 1. The van der Waals surface area contributed by atoms with Gasteiger partial charge in [-0.05, 0) is 30.5 Å². The lowest BCUT2D eigenvalue weighted by atomic mass is 10.1. The van der Waals surface area contributed by atoms with Crippen molar-refractivity contribution >= 4 is 28.2 Å². The maximum absolute atomic E-state index is 12.7. The minimum atomic E-state index is -0.380. The number of aryl methyl sites for hydroxylation is 1. The minimum absolute atomic E-state index is 0.0354. The van der Waals surface area contributed by atoms with Crippen molar-refractivity contribution in [3.63, 3.8) is 0 Å². The van der Waals surface area contributed by atoms with Gasteiger partial charge in [-0.15, -0.1) is 11.3 Å². The van der Waals surface area contributed by atoms with Crippen molar-refractivity contribution in [1.82, 2.24) is 10.2 Å². The summed E-state index contributed by atoms with van der Waals surface area (Å²) in [6.07, 6.45) is 0. The molecule has 1 amide bonds. The van der Waals surface area contributed by atoms with E-state index >= 15 is 0 Å². The number of fused-ring (bicyclic) bond motifs is 1. The first-order chi connectivity index (χ1) is 13.6. The van der Waals surface area contributed by atoms with Crippen molar-refractivity contribution in [3.05, 3.63) is 68.2 Å². The van der Waals surface area contributed by atoms with Gasteiger partial charge in [-0.25, -0.2) is 0 Å². The van der Waals surface area contributed by atoms with Crippen molar-refractivity contribution in [2.75, 3.05) is 32.8 Å². The number of hydrogen-bond acceptors (Lipinski definition) is 6. The first-order valence-corrected chi connectivity index (χ1v) is 10.2. The van der Waals surface area contributed by atoms with Gasteiger partial charge in [0.2, 0.25) is 0 Å². The van der Waals surface area contributed by atoms with Crippen LogP contribution in [-0.4, -0.2) is 43.7 Å². The number of nitrogens with zero attached hydrogens (tertiary/aromatic N) is 1. The van der Waals surface area contributed by atoms with Gasteiger partial charge in [0.15, 0.2) is 11.2 Å². The van der Waals surface area contributed by atoms with Gasteiger partial charge in [-0.2, -0.15) is 0 Å². The predicted molar refractivity (Wildman–Crippen MR) is 109 cm³/mol. The molecule has 1 saturated heterocycles. The Hall–Kier alpha value is -2.48. The lowest BCUT2D eigenvalue weighted by Gasteiger charge is -2.34. The number of carbonyl (C=O) groups excluding carboxylic acids is 1. The molecule has 1 aliphatic rings. The fraction of sp³-hybridized carbons (Fsp3) is 0.333. The van der Waals surface area contributed by atoms with Gasteiger partial charge in [0, 0.05) is 30.6 Å². The summed E-state index contributed by atoms with van der Waals surface area (Å²) < 4.78 is 11.1. The highest BCUT2D eigenvalue weighted by Gasteiger charge is 2.24. The molecule has 6 nitrogen and oxygen atoms in total. The molecule has 0 spiro atoms. The third-order valence-corrected chi connectivity index (χ3v) is 5.89. The molecular weight excluding hydrogens is 376 g/mol. The van der Waals surface area contributed by atoms with E-state index < -0.39 is 0 Å². The SMILES string of the molecule is Cc1ccc2oc(C(=O)NCC(c3cccs3)N3CCOCC3)cc(=O)c2c1. The molecule has 1 aromatic carbocycles. The molecule has 28 heavy (non-hydrogen) atoms. The molecular formula is C21H22N2O4S. The Labute approximate surface area is 166 Å². The second-order valence-corrected chi connectivity index (χ2v) is 7.84. The van der Waals surface area contributed by atoms with Gasteiger partial charge in [0.1, 0.15) is 5.58 Å². The summed E-state index contributed by atoms with van der Waals surface area (Å²) in [5.41, 5.74) is 1.19. The molecule has 0 bridgehead atoms. The normalized spacial score (nSPS) is 16.2. The number of rotatable bonds is 5. The zero-order valence-electron chi connectivity index (χ0n) is 15.6. The number of carbonyl (C=O) groups is 1. The van der Waals surface area contributed by atoms with Crippen LogP contribution in [0, 0.1) is 6.92 Å². The zero-order chi connectivity index (χ0) is 19.5. The molecule has 7 heteroatoms. The van der Waals surface area contributed by atoms with Gasteiger partial charge in [0.25, 0.3) is 5.91 Å². The van der Waals surface area contributed by atoms with E-state index in [9.17, 15) is 9.59 Å². The van der Waals surface area contributed by atoms with E-state index in [-0.39, 0.29) is 23.1 Å². The van der Waals surface area contributed by atoms with Gasteiger partial charge >= 0.3 is 0 Å². The summed E-state index contributed by atoms with van der Waals surface area (Å²) in [6, 6.07) is 10.8. The highest BCUT2D eigenvalue weighted by Crippen LogP contribution is 2.25. The Morgan fingerprint density at radius 3 is 2.82 bits per heavy atom. The minimum Gasteiger partial charge on any atom is -0.451 e. The zero-order valence-corrected chi connectivity index (χ0v) is 16.5. The van der Waals surface area contributed by atoms with Crippen LogP contribution < -0.4 is 10.7 Å². The molecule has 1 fully saturated rings. The molecule has 2 aromatic heterocycles. The average Bonchev–Trinajstić information content (AvgIpc) is 3.24. The van der Waals surface area contributed by atoms with Gasteiger partial charge in [-0.1, -0.05) is 17.7 Å². The average molecular weight is 398 g/mol. The van der Waals surface area contributed by atoms with E-state index in [1.807, 2.05) is 24.4 Å². The van der Waals surface area contributed by atoms with E-state index in [2.05, 4.69) is 16.3 Å². The maximum atomic E-state index is 12.7. The monoisotopic (exact) mass is 398 g/mol. The number of ether oxygens (including phenoxy) is 1. The topological polar surface area (TPSA) is 71.8 Å². The Bertz CT molecular complexity index is 1020. The first-order valence-electron chi connectivity index (χ1n) is 9.30. The van der Waals surface area contributed by atoms with E-state index in [1.165, 1.54) is 10.9 Å². The number of benzene rings is 1. The Kier molecular flexibility index (Phi) is 5.57. The lowest BCUT2D eigenvalue weighted by Crippen LogP contribution is -2.43. The summed E-state index contributed by atoms with van der Waals surface area (Å²) in [6.45, 7) is 5.38. The van der Waals surface area contributed by atoms with Crippen molar-refractivity contribution in [2.24, 2.45) is 0 Å². The third-order valence-electron chi connectivity index (χ3n) is 4.92. The molecule has 146 valence electrons. The van der Waals surface area contributed by atoms with Crippen molar-refractivity contribution < 1.29 is 13.9 Å². The van der Waals surface area contributed by atoms with Crippen LogP contribution in [0.1, 0.15) is 27.0 Å². The van der Waals surface area contributed by atoms with Crippen molar-refractivity contribution in [1.29, 1.82) is 0 Å². The third kappa shape index (κ3) is 4.01. The first kappa shape index (κ1) is 18.9. The Morgan fingerprint density at radius 1 is 1.25 bits per heavy atom. The lowest BCUT2D eigenvalue weighted by molar-refractivity contribution is 0.0168. The second kappa shape index (κ2) is 8.26. The molecule has 0 aliphatic carbocycles. The van der Waals surface area contributed by atoms with Crippen LogP contribution in [0.5, 0.6) is 0 Å². The van der Waals surface area contributed by atoms with E-state index in [0.717, 1.165) is 18.7 Å². The van der Waals surface area contributed by atoms with Crippen LogP contribution in [0.4, 0.5) is 0 Å². The van der Waals surface area contributed by atoms with E-state index in [1.54, 1.807) is 23.5 Å². The summed E-state index contributed by atoms with van der Waals surface area (Å²) in [7, 11) is 0. The van der Waals surface area contributed by atoms with Crippen molar-refractivity contribution in [3.8, 4) is 0 Å². The standard InChI is InChI=1S/C21H22N2O4S/c1-14-4-5-18-15(11-14)17(24)12-19(27-18)21(25)22-13-16(20-3-2-10-28-20)23-6-8-26-9-7-23/h2-5,10-12,16H,6-9,13H2,1H3,(H,22,25). The molecule has 0 saturated carbocycles. The molecule has 1 atom stereocenters. The van der Waals surface area contributed by atoms with E-state index in [4.69, 9.17) is 9.15 Å².